The molecule has 2 aromatic heterocycles. The maximum Gasteiger partial charge on any atom is 0.270 e. The highest BCUT2D eigenvalue weighted by Gasteiger charge is 2.20. The monoisotopic (exact) mass is 265 g/mol. The van der Waals surface area contributed by atoms with Gasteiger partial charge in [0.15, 0.2) is 5.82 Å². The second kappa shape index (κ2) is 4.70. The van der Waals surface area contributed by atoms with Crippen LogP contribution in [-0.4, -0.2) is 22.9 Å². The topological polar surface area (TPSA) is 74.2 Å². The van der Waals surface area contributed by atoms with Gasteiger partial charge in [0, 0.05) is 13.0 Å². The largest absolute Gasteiger partial charge is 0.397 e. The summed E-state index contributed by atoms with van der Waals surface area (Å²) in [6.07, 6.45) is 3.14. The van der Waals surface area contributed by atoms with Crippen molar-refractivity contribution in [2.75, 3.05) is 12.3 Å². The quantitative estimate of drug-likeness (QED) is 0.922. The van der Waals surface area contributed by atoms with Crippen LogP contribution in [0.4, 0.5) is 5.69 Å². The number of thiophene rings is 1. The summed E-state index contributed by atoms with van der Waals surface area (Å²) in [5, 5.41) is 5.99. The minimum absolute atomic E-state index is 0.234. The van der Waals surface area contributed by atoms with E-state index in [1.807, 2.05) is 12.3 Å². The van der Waals surface area contributed by atoms with Gasteiger partial charge in [0.25, 0.3) is 5.89 Å². The molecule has 1 unspecified atom stereocenters. The first-order valence-corrected chi connectivity index (χ1v) is 6.90. The molecule has 5 nitrogen and oxygen atoms in total. The van der Waals surface area contributed by atoms with Crippen LogP contribution in [0, 0.1) is 6.92 Å². The Morgan fingerprint density at radius 3 is 3.11 bits per heavy atom. The Balaban J connectivity index is 1.78. The molecular formula is C12H15N3O2S. The number of aryl methyl sites for hydroxylation is 1. The Morgan fingerprint density at radius 1 is 1.56 bits per heavy atom. The predicted molar refractivity (Wildman–Crippen MR) is 69.4 cm³/mol. The van der Waals surface area contributed by atoms with E-state index in [1.54, 1.807) is 0 Å². The Kier molecular flexibility index (Phi) is 3.05. The van der Waals surface area contributed by atoms with E-state index in [9.17, 15) is 0 Å². The van der Waals surface area contributed by atoms with Crippen LogP contribution >= 0.6 is 11.3 Å². The normalized spacial score (nSPS) is 19.5. The smallest absolute Gasteiger partial charge is 0.270 e. The number of ether oxygens (including phenoxy) is 1. The van der Waals surface area contributed by atoms with Crippen molar-refractivity contribution in [2.45, 2.75) is 32.3 Å². The lowest BCUT2D eigenvalue weighted by Gasteiger charge is -2.03. The van der Waals surface area contributed by atoms with Gasteiger partial charge in [-0.25, -0.2) is 0 Å². The number of aromatic nitrogens is 2. The van der Waals surface area contributed by atoms with E-state index in [-0.39, 0.29) is 6.10 Å². The van der Waals surface area contributed by atoms with Crippen molar-refractivity contribution in [3.63, 3.8) is 0 Å². The van der Waals surface area contributed by atoms with Crippen LogP contribution in [0.15, 0.2) is 9.90 Å². The zero-order valence-electron chi connectivity index (χ0n) is 10.2. The number of anilines is 1. The SMILES string of the molecule is Cc1csc(-c2nc(CC3CCCO3)no2)c1N. The van der Waals surface area contributed by atoms with E-state index in [4.69, 9.17) is 15.0 Å². The Morgan fingerprint density at radius 2 is 2.44 bits per heavy atom. The summed E-state index contributed by atoms with van der Waals surface area (Å²) in [5.41, 5.74) is 7.74. The van der Waals surface area contributed by atoms with E-state index in [0.717, 1.165) is 35.6 Å². The van der Waals surface area contributed by atoms with Crippen molar-refractivity contribution in [1.82, 2.24) is 10.1 Å². The van der Waals surface area contributed by atoms with Crippen LogP contribution in [-0.2, 0) is 11.2 Å². The van der Waals surface area contributed by atoms with Gasteiger partial charge in [0.05, 0.1) is 11.8 Å². The van der Waals surface area contributed by atoms with Gasteiger partial charge < -0.3 is 15.0 Å². The van der Waals surface area contributed by atoms with Crippen LogP contribution in [0.3, 0.4) is 0 Å². The third kappa shape index (κ3) is 2.13. The van der Waals surface area contributed by atoms with E-state index < -0.39 is 0 Å². The van der Waals surface area contributed by atoms with Gasteiger partial charge in [-0.3, -0.25) is 0 Å². The summed E-state index contributed by atoms with van der Waals surface area (Å²) in [4.78, 5) is 5.25. The lowest BCUT2D eigenvalue weighted by atomic mass is 10.2. The third-order valence-electron chi connectivity index (χ3n) is 3.12. The van der Waals surface area contributed by atoms with Gasteiger partial charge in [0.1, 0.15) is 4.88 Å². The Hall–Kier alpha value is -1.40. The molecule has 1 aliphatic heterocycles. The fourth-order valence-corrected chi connectivity index (χ4v) is 2.95. The number of nitrogen functional groups attached to an aromatic ring is 1. The lowest BCUT2D eigenvalue weighted by Crippen LogP contribution is -2.09. The molecule has 96 valence electrons. The molecule has 1 fully saturated rings. The van der Waals surface area contributed by atoms with Crippen LogP contribution in [0.2, 0.25) is 0 Å². The van der Waals surface area contributed by atoms with Crippen molar-refractivity contribution < 1.29 is 9.26 Å². The summed E-state index contributed by atoms with van der Waals surface area (Å²) in [7, 11) is 0. The summed E-state index contributed by atoms with van der Waals surface area (Å²) >= 11 is 1.53. The third-order valence-corrected chi connectivity index (χ3v) is 4.22. The molecule has 0 bridgehead atoms. The van der Waals surface area contributed by atoms with E-state index >= 15 is 0 Å². The van der Waals surface area contributed by atoms with Gasteiger partial charge in [-0.05, 0) is 30.7 Å². The Bertz CT molecular complexity index is 543. The highest BCUT2D eigenvalue weighted by atomic mass is 32.1. The van der Waals surface area contributed by atoms with E-state index in [0.29, 0.717) is 18.1 Å². The average Bonchev–Trinajstić information content (AvgIpc) is 3.05. The highest BCUT2D eigenvalue weighted by molar-refractivity contribution is 7.14. The van der Waals surface area contributed by atoms with Crippen LogP contribution in [0.1, 0.15) is 24.2 Å². The maximum absolute atomic E-state index is 5.97. The number of hydrogen-bond acceptors (Lipinski definition) is 6. The minimum Gasteiger partial charge on any atom is -0.397 e. The van der Waals surface area contributed by atoms with Crippen molar-refractivity contribution in [3.05, 3.63) is 16.8 Å². The van der Waals surface area contributed by atoms with Crippen molar-refractivity contribution in [2.24, 2.45) is 0 Å². The lowest BCUT2D eigenvalue weighted by molar-refractivity contribution is 0.109. The molecule has 0 aromatic carbocycles. The zero-order valence-corrected chi connectivity index (χ0v) is 11.0. The van der Waals surface area contributed by atoms with Crippen LogP contribution < -0.4 is 5.73 Å². The van der Waals surface area contributed by atoms with Crippen molar-refractivity contribution in [1.29, 1.82) is 0 Å². The zero-order chi connectivity index (χ0) is 12.5. The van der Waals surface area contributed by atoms with E-state index in [2.05, 4.69) is 10.1 Å². The fourth-order valence-electron chi connectivity index (χ4n) is 2.06. The number of hydrogen-bond donors (Lipinski definition) is 1. The number of nitrogens with two attached hydrogens (primary N) is 1. The molecular weight excluding hydrogens is 250 g/mol. The molecule has 0 amide bonds. The average molecular weight is 265 g/mol. The molecule has 0 radical (unpaired) electrons. The summed E-state index contributed by atoms with van der Waals surface area (Å²) in [6, 6.07) is 0. The fraction of sp³-hybridized carbons (Fsp3) is 0.500. The minimum atomic E-state index is 0.234. The standard InChI is InChI=1S/C12H15N3O2S/c1-7-6-18-11(10(7)13)12-14-9(15-17-12)5-8-3-2-4-16-8/h6,8H,2-5,13H2,1H3. The number of nitrogens with zero attached hydrogens (tertiary/aromatic N) is 2. The molecule has 0 saturated carbocycles. The molecule has 1 aliphatic rings. The van der Waals surface area contributed by atoms with Gasteiger partial charge in [0.2, 0.25) is 0 Å². The van der Waals surface area contributed by atoms with Gasteiger partial charge in [-0.2, -0.15) is 4.98 Å². The second-order valence-electron chi connectivity index (χ2n) is 4.52. The van der Waals surface area contributed by atoms with E-state index in [1.165, 1.54) is 11.3 Å². The maximum atomic E-state index is 5.97. The summed E-state index contributed by atoms with van der Waals surface area (Å²) < 4.78 is 10.8. The molecule has 1 saturated heterocycles. The molecule has 1 atom stereocenters. The van der Waals surface area contributed by atoms with Crippen LogP contribution in [0.25, 0.3) is 10.8 Å². The van der Waals surface area contributed by atoms with Gasteiger partial charge in [-0.1, -0.05) is 5.16 Å². The first-order chi connectivity index (χ1) is 8.74. The Labute approximate surface area is 109 Å². The first kappa shape index (κ1) is 11.7. The predicted octanol–water partition coefficient (Wildman–Crippen LogP) is 2.41. The first-order valence-electron chi connectivity index (χ1n) is 6.02. The molecule has 2 aromatic rings. The molecule has 3 heterocycles. The summed E-state index contributed by atoms with van der Waals surface area (Å²) in [6.45, 7) is 2.81. The highest BCUT2D eigenvalue weighted by Crippen LogP contribution is 2.33. The van der Waals surface area contributed by atoms with Crippen molar-refractivity contribution in [3.8, 4) is 10.8 Å². The molecule has 0 aliphatic carbocycles. The molecule has 2 N–H and O–H groups in total. The van der Waals surface area contributed by atoms with Crippen LogP contribution in [0.5, 0.6) is 0 Å². The molecule has 6 heteroatoms. The summed E-state index contributed by atoms with van der Waals surface area (Å²) in [5.74, 6) is 1.21. The number of rotatable bonds is 3. The van der Waals surface area contributed by atoms with Crippen molar-refractivity contribution >= 4 is 17.0 Å². The molecule has 3 rings (SSSR count). The van der Waals surface area contributed by atoms with Gasteiger partial charge >= 0.3 is 0 Å². The molecule has 0 spiro atoms. The second-order valence-corrected chi connectivity index (χ2v) is 5.40. The molecule has 18 heavy (non-hydrogen) atoms. The van der Waals surface area contributed by atoms with Gasteiger partial charge in [-0.15, -0.1) is 11.3 Å².